The van der Waals surface area contributed by atoms with Gasteiger partial charge in [-0.2, -0.15) is 0 Å². The lowest BCUT2D eigenvalue weighted by Crippen LogP contribution is -2.34. The predicted molar refractivity (Wildman–Crippen MR) is 124 cm³/mol. The molecule has 0 bridgehead atoms. The first-order chi connectivity index (χ1) is 15.9. The van der Waals surface area contributed by atoms with Gasteiger partial charge in [0.05, 0.1) is 18.7 Å². The molecule has 0 radical (unpaired) electrons. The first kappa shape index (κ1) is 23.7. The van der Waals surface area contributed by atoms with Crippen LogP contribution in [0, 0.1) is 0 Å². The summed E-state index contributed by atoms with van der Waals surface area (Å²) in [4.78, 5) is 28.1. The Hall–Kier alpha value is -2.43. The van der Waals surface area contributed by atoms with Crippen molar-refractivity contribution in [2.24, 2.45) is 0 Å². The molecule has 1 N–H and O–H groups in total. The molecule has 1 aliphatic heterocycles. The van der Waals surface area contributed by atoms with Crippen LogP contribution in [0.15, 0.2) is 40.6 Å². The highest BCUT2D eigenvalue weighted by Crippen LogP contribution is 2.34. The average molecular weight is 493 g/mol. The Morgan fingerprint density at radius 2 is 1.94 bits per heavy atom. The number of carbonyl (C=O) groups is 2. The third-order valence-electron chi connectivity index (χ3n) is 6.14. The van der Waals surface area contributed by atoms with Gasteiger partial charge in [0.1, 0.15) is 10.6 Å². The van der Waals surface area contributed by atoms with Gasteiger partial charge in [-0.05, 0) is 55.3 Å². The highest BCUT2D eigenvalue weighted by molar-refractivity contribution is 7.89. The van der Waals surface area contributed by atoms with Crippen LogP contribution in [0.25, 0.3) is 0 Å². The number of rotatable bonds is 8. The Bertz CT molecular complexity index is 1090. The number of benzene rings is 1. The lowest BCUT2D eigenvalue weighted by atomic mass is 10.2. The van der Waals surface area contributed by atoms with E-state index in [4.69, 9.17) is 9.47 Å². The molecule has 8 nitrogen and oxygen atoms in total. The second-order valence-electron chi connectivity index (χ2n) is 8.31. The number of hydrogen-bond acceptors (Lipinski definition) is 7. The lowest BCUT2D eigenvalue weighted by Gasteiger charge is -2.23. The summed E-state index contributed by atoms with van der Waals surface area (Å²) in [6.45, 7) is 0.228. The molecular formula is C23H28N2O6S2. The number of likely N-dealkylation sites (tertiary alicyclic amines) is 1. The maximum atomic E-state index is 12.9. The van der Waals surface area contributed by atoms with Gasteiger partial charge in [-0.15, -0.1) is 11.3 Å². The van der Waals surface area contributed by atoms with Crippen LogP contribution in [0.5, 0.6) is 5.75 Å². The Labute approximate surface area is 197 Å². The molecule has 1 aromatic carbocycles. The summed E-state index contributed by atoms with van der Waals surface area (Å²) in [5.74, 6) is -0.873. The third kappa shape index (κ3) is 5.39. The Morgan fingerprint density at radius 3 is 2.64 bits per heavy atom. The van der Waals surface area contributed by atoms with E-state index >= 15 is 0 Å². The molecule has 10 heteroatoms. The number of esters is 1. The fraction of sp³-hybridized carbons (Fsp3) is 0.478. The van der Waals surface area contributed by atoms with Crippen LogP contribution in [0.4, 0.5) is 0 Å². The number of ether oxygens (including phenoxy) is 2. The molecule has 1 aromatic heterocycles. The smallest absolute Gasteiger partial charge is 0.338 e. The number of hydrogen-bond donors (Lipinski definition) is 1. The second kappa shape index (κ2) is 10.2. The zero-order chi connectivity index (χ0) is 23.4. The van der Waals surface area contributed by atoms with Crippen molar-refractivity contribution in [2.75, 3.05) is 20.3 Å². The van der Waals surface area contributed by atoms with Crippen molar-refractivity contribution in [2.45, 2.75) is 55.5 Å². The van der Waals surface area contributed by atoms with Gasteiger partial charge in [-0.1, -0.05) is 18.9 Å². The van der Waals surface area contributed by atoms with Crippen LogP contribution < -0.4 is 9.46 Å². The maximum absolute atomic E-state index is 12.9. The third-order valence-corrected chi connectivity index (χ3v) is 8.65. The first-order valence-electron chi connectivity index (χ1n) is 11.1. The molecule has 1 amide bonds. The number of nitrogens with zero attached hydrogens (tertiary/aromatic N) is 1. The van der Waals surface area contributed by atoms with Gasteiger partial charge in [0.2, 0.25) is 10.0 Å². The highest BCUT2D eigenvalue weighted by atomic mass is 32.2. The van der Waals surface area contributed by atoms with Gasteiger partial charge in [0.15, 0.2) is 6.61 Å². The van der Waals surface area contributed by atoms with Crippen molar-refractivity contribution in [3.63, 3.8) is 0 Å². The van der Waals surface area contributed by atoms with Gasteiger partial charge < -0.3 is 14.4 Å². The summed E-state index contributed by atoms with van der Waals surface area (Å²) in [5.41, 5.74) is 0.0478. The number of sulfonamides is 1. The van der Waals surface area contributed by atoms with Gasteiger partial charge in [-0.3, -0.25) is 4.79 Å². The standard InChI is InChI=1S/C23H28N2O6S2/c1-30-19-11-10-16(14-21(19)33(28,29)24-17-6-2-3-7-17)23(27)31-15-22(26)25-12-4-8-18(25)20-9-5-13-32-20/h5,9-11,13-14,17-18,24H,2-4,6-8,12,15H2,1H3. The Morgan fingerprint density at radius 1 is 1.15 bits per heavy atom. The molecule has 0 spiro atoms. The van der Waals surface area contributed by atoms with Gasteiger partial charge in [0.25, 0.3) is 5.91 Å². The minimum atomic E-state index is -3.88. The van der Waals surface area contributed by atoms with Crippen molar-refractivity contribution >= 4 is 33.2 Å². The molecule has 4 rings (SSSR count). The van der Waals surface area contributed by atoms with Crippen LogP contribution in [-0.2, 0) is 19.6 Å². The van der Waals surface area contributed by atoms with E-state index < -0.39 is 22.6 Å². The molecule has 1 aliphatic carbocycles. The fourth-order valence-electron chi connectivity index (χ4n) is 4.48. The monoisotopic (exact) mass is 492 g/mol. The SMILES string of the molecule is COc1ccc(C(=O)OCC(=O)N2CCCC2c2cccs2)cc1S(=O)(=O)NC1CCCC1. The Kier molecular flexibility index (Phi) is 7.35. The quantitative estimate of drug-likeness (QED) is 0.566. The zero-order valence-corrected chi connectivity index (χ0v) is 20.1. The molecular weight excluding hydrogens is 464 g/mol. The summed E-state index contributed by atoms with van der Waals surface area (Å²) < 4.78 is 39.0. The highest BCUT2D eigenvalue weighted by Gasteiger charge is 2.31. The molecule has 33 heavy (non-hydrogen) atoms. The number of methoxy groups -OCH3 is 1. The zero-order valence-electron chi connectivity index (χ0n) is 18.5. The van der Waals surface area contributed by atoms with E-state index in [-0.39, 0.29) is 34.2 Å². The van der Waals surface area contributed by atoms with Crippen molar-refractivity contribution in [1.29, 1.82) is 0 Å². The molecule has 2 aliphatic rings. The summed E-state index contributed by atoms with van der Waals surface area (Å²) in [5, 5.41) is 1.98. The molecule has 1 atom stereocenters. The molecule has 2 heterocycles. The minimum Gasteiger partial charge on any atom is -0.495 e. The second-order valence-corrected chi connectivity index (χ2v) is 11.0. The van der Waals surface area contributed by atoms with Crippen LogP contribution in [0.3, 0.4) is 0 Å². The molecule has 1 saturated heterocycles. The van der Waals surface area contributed by atoms with Crippen LogP contribution >= 0.6 is 11.3 Å². The van der Waals surface area contributed by atoms with E-state index in [2.05, 4.69) is 4.72 Å². The first-order valence-corrected chi connectivity index (χ1v) is 13.5. The topological polar surface area (TPSA) is 102 Å². The maximum Gasteiger partial charge on any atom is 0.338 e. The van der Waals surface area contributed by atoms with Crippen LogP contribution in [0.2, 0.25) is 0 Å². The Balaban J connectivity index is 1.44. The van der Waals surface area contributed by atoms with Crippen LogP contribution in [-0.4, -0.2) is 51.5 Å². The van der Waals surface area contributed by atoms with Crippen LogP contribution in [0.1, 0.15) is 59.8 Å². The van der Waals surface area contributed by atoms with E-state index in [1.165, 1.54) is 25.3 Å². The van der Waals surface area contributed by atoms with Gasteiger partial charge in [0, 0.05) is 17.5 Å². The molecule has 2 fully saturated rings. The summed E-state index contributed by atoms with van der Waals surface area (Å²) >= 11 is 1.60. The van der Waals surface area contributed by atoms with Crippen molar-refractivity contribution in [3.8, 4) is 5.75 Å². The number of amides is 1. The van der Waals surface area contributed by atoms with E-state index in [1.807, 2.05) is 17.5 Å². The normalized spacial score (nSPS) is 19.1. The average Bonchev–Trinajstić information content (AvgIpc) is 3.58. The summed E-state index contributed by atoms with van der Waals surface area (Å²) in [6, 6.07) is 7.96. The van der Waals surface area contributed by atoms with Crippen molar-refractivity contribution in [3.05, 3.63) is 46.2 Å². The minimum absolute atomic E-state index is 0.00981. The van der Waals surface area contributed by atoms with Crippen molar-refractivity contribution < 1.29 is 27.5 Å². The predicted octanol–water partition coefficient (Wildman–Crippen LogP) is 3.50. The van der Waals surface area contributed by atoms with Gasteiger partial charge >= 0.3 is 5.97 Å². The molecule has 2 aromatic rings. The summed E-state index contributed by atoms with van der Waals surface area (Å²) in [6.07, 6.45) is 5.32. The summed E-state index contributed by atoms with van der Waals surface area (Å²) in [7, 11) is -2.50. The fourth-order valence-corrected chi connectivity index (χ4v) is 6.85. The van der Waals surface area contributed by atoms with E-state index in [1.54, 1.807) is 16.2 Å². The van der Waals surface area contributed by atoms with Crippen molar-refractivity contribution in [1.82, 2.24) is 9.62 Å². The molecule has 178 valence electrons. The molecule has 1 saturated carbocycles. The number of carbonyl (C=O) groups excluding carboxylic acids is 2. The number of thiophene rings is 1. The largest absolute Gasteiger partial charge is 0.495 e. The molecule has 1 unspecified atom stereocenters. The van der Waals surface area contributed by atoms with E-state index in [0.29, 0.717) is 6.54 Å². The lowest BCUT2D eigenvalue weighted by molar-refractivity contribution is -0.135. The van der Waals surface area contributed by atoms with E-state index in [0.717, 1.165) is 43.4 Å². The van der Waals surface area contributed by atoms with E-state index in [9.17, 15) is 18.0 Å². The van der Waals surface area contributed by atoms with Gasteiger partial charge in [-0.25, -0.2) is 17.9 Å². The number of nitrogens with one attached hydrogen (secondary N) is 1.